The molecule has 5 heteroatoms. The molecule has 0 aromatic rings. The summed E-state index contributed by atoms with van der Waals surface area (Å²) in [6.07, 6.45) is 8.27. The maximum absolute atomic E-state index is 9.64. The molecule has 0 heterocycles. The molecule has 0 aliphatic carbocycles. The van der Waals surface area contributed by atoms with E-state index in [1.807, 2.05) is 6.92 Å². The Labute approximate surface area is 121 Å². The van der Waals surface area contributed by atoms with Crippen LogP contribution >= 0.6 is 0 Å². The molecule has 0 saturated heterocycles. The molecule has 0 spiro atoms. The smallest absolute Gasteiger partial charge is 0.0654 e. The van der Waals surface area contributed by atoms with Crippen LogP contribution < -0.4 is 0 Å². The molecule has 18 heavy (non-hydrogen) atoms. The van der Waals surface area contributed by atoms with Crippen molar-refractivity contribution in [2.45, 2.75) is 38.7 Å². The van der Waals surface area contributed by atoms with Gasteiger partial charge in [0.2, 0.25) is 0 Å². The Hall–Kier alpha value is -0.301. The Morgan fingerprint density at radius 2 is 1.56 bits per heavy atom. The maximum Gasteiger partial charge on any atom is 0.0654 e. The minimum absolute atomic E-state index is 0. The van der Waals surface area contributed by atoms with Crippen LogP contribution in [0.15, 0.2) is 0 Å². The minimum atomic E-state index is -0.649. The van der Waals surface area contributed by atoms with Crippen LogP contribution in [0.4, 0.5) is 0 Å². The van der Waals surface area contributed by atoms with Gasteiger partial charge in [0, 0.05) is 17.1 Å². The third-order valence-corrected chi connectivity index (χ3v) is 1.63. The summed E-state index contributed by atoms with van der Waals surface area (Å²) >= 11 is 0. The minimum Gasteiger partial charge on any atom is -0.390 e. The predicted molar refractivity (Wildman–Crippen MR) is 60.2 cm³/mol. The van der Waals surface area contributed by atoms with E-state index in [1.54, 1.807) is 19.3 Å². The molecule has 1 N–H and O–H groups in total. The van der Waals surface area contributed by atoms with Gasteiger partial charge in [-0.15, -0.1) is 0 Å². The number of aliphatic hydroxyl groups is 1. The molecule has 0 saturated carbocycles. The Balaban J connectivity index is -0.0000000700. The molecule has 1 atom stereocenters. The molecule has 4 radical (unpaired) electrons. The molecule has 0 aromatic heterocycles. The fourth-order valence-electron chi connectivity index (χ4n) is 0.893. The second-order valence-corrected chi connectivity index (χ2v) is 3.06. The molecule has 0 aromatic carbocycles. The maximum atomic E-state index is 9.64. The van der Waals surface area contributed by atoms with Gasteiger partial charge in [0.25, 0.3) is 0 Å². The molecule has 0 unspecified atom stereocenters. The summed E-state index contributed by atoms with van der Waals surface area (Å²) < 4.78 is 22.5. The van der Waals surface area contributed by atoms with E-state index in [9.17, 15) is 5.11 Å². The summed E-state index contributed by atoms with van der Waals surface area (Å²) in [5, 5.41) is 9.64. The van der Waals surface area contributed by atoms with Crippen LogP contribution in [0.5, 0.6) is 0 Å². The third kappa shape index (κ3) is 36.1. The van der Waals surface area contributed by atoms with Crippen molar-refractivity contribution in [2.24, 2.45) is 0 Å². The van der Waals surface area contributed by atoms with Crippen molar-refractivity contribution in [1.29, 1.82) is 0 Å². The zero-order valence-electron chi connectivity index (χ0n) is 10.6. The van der Waals surface area contributed by atoms with Gasteiger partial charge in [-0.2, -0.15) is 0 Å². The summed E-state index contributed by atoms with van der Waals surface area (Å²) in [6, 6.07) is 0. The molecular weight excluding hydrogens is 276 g/mol. The van der Waals surface area contributed by atoms with E-state index in [-0.39, 0.29) is 17.1 Å². The van der Waals surface area contributed by atoms with Gasteiger partial charge < -0.3 is 5.11 Å². The first-order chi connectivity index (χ1) is 8.12. The molecule has 0 fully saturated rings. The first kappa shape index (κ1) is 30.6. The predicted octanol–water partition coefficient (Wildman–Crippen LogP) is 2.26. The second kappa shape index (κ2) is 30.1. The Bertz CT molecular complexity index is 161. The SMILES string of the molecule is [C-]#[O+].[C-]#[O+].[C-]#[O+].[CH2][CH][CH][CH][C@](C)(O)CCCC.[Fe]. The van der Waals surface area contributed by atoms with E-state index < -0.39 is 5.60 Å². The largest absolute Gasteiger partial charge is 0.390 e. The first-order valence-corrected chi connectivity index (χ1v) is 4.76. The average Bonchev–Trinajstić information content (AvgIpc) is 2.41. The summed E-state index contributed by atoms with van der Waals surface area (Å²) in [5.41, 5.74) is -0.649. The van der Waals surface area contributed by atoms with Gasteiger partial charge in [0.05, 0.1) is 5.60 Å². The summed E-state index contributed by atoms with van der Waals surface area (Å²) in [7, 11) is 0. The zero-order valence-corrected chi connectivity index (χ0v) is 11.7. The molecule has 102 valence electrons. The van der Waals surface area contributed by atoms with E-state index in [0.29, 0.717) is 0 Å². The van der Waals surface area contributed by atoms with Crippen LogP contribution in [-0.4, -0.2) is 10.7 Å². The quantitative estimate of drug-likeness (QED) is 0.455. The van der Waals surface area contributed by atoms with Gasteiger partial charge in [-0.1, -0.05) is 19.8 Å². The normalized spacial score (nSPS) is 7.67. The van der Waals surface area contributed by atoms with Crippen LogP contribution in [0.1, 0.15) is 33.1 Å². The van der Waals surface area contributed by atoms with E-state index >= 15 is 0 Å². The van der Waals surface area contributed by atoms with Crippen molar-refractivity contribution in [3.05, 3.63) is 46.1 Å². The third-order valence-electron chi connectivity index (χ3n) is 1.63. The van der Waals surface area contributed by atoms with Crippen molar-refractivity contribution < 1.29 is 36.1 Å². The molecule has 0 aliphatic rings. The molecular formula is C13H18FeO4. The fraction of sp³-hybridized carbons (Fsp3) is 0.462. The number of hydrogen-bond acceptors (Lipinski definition) is 1. The van der Waals surface area contributed by atoms with Crippen LogP contribution in [0, 0.1) is 46.1 Å². The van der Waals surface area contributed by atoms with Gasteiger partial charge in [-0.3, -0.25) is 0 Å². The van der Waals surface area contributed by atoms with Crippen molar-refractivity contribution in [1.82, 2.24) is 0 Å². The standard InChI is InChI=1S/C10H18O.3CO.Fe/c1-4-6-8-10(3,11)9-7-5-2;3*1-2;/h4,6,8,11H,1,5,7,9H2,2-3H3;;;;/t10-;;;;/m0..../s1. The van der Waals surface area contributed by atoms with Gasteiger partial charge in [-0.25, -0.2) is 0 Å². The Kier molecular flexibility index (Phi) is 51.1. The zero-order chi connectivity index (χ0) is 14.7. The van der Waals surface area contributed by atoms with Crippen molar-refractivity contribution in [3.63, 3.8) is 0 Å². The molecule has 0 bridgehead atoms. The summed E-state index contributed by atoms with van der Waals surface area (Å²) in [6.45, 7) is 21.0. The van der Waals surface area contributed by atoms with Crippen molar-refractivity contribution >= 4 is 0 Å². The molecule has 0 amide bonds. The van der Waals surface area contributed by atoms with Crippen LogP contribution in [0.3, 0.4) is 0 Å². The summed E-state index contributed by atoms with van der Waals surface area (Å²) in [5.74, 6) is 0. The number of rotatable bonds is 6. The molecule has 4 nitrogen and oxygen atoms in total. The van der Waals surface area contributed by atoms with Crippen molar-refractivity contribution in [2.75, 3.05) is 0 Å². The monoisotopic (exact) mass is 294 g/mol. The Morgan fingerprint density at radius 3 is 1.83 bits per heavy atom. The second-order valence-electron chi connectivity index (χ2n) is 3.06. The topological polar surface area (TPSA) is 79.9 Å². The van der Waals surface area contributed by atoms with Gasteiger partial charge >= 0.3 is 33.9 Å². The van der Waals surface area contributed by atoms with Crippen LogP contribution in [0.25, 0.3) is 0 Å². The van der Waals surface area contributed by atoms with Crippen LogP contribution in [0.2, 0.25) is 0 Å². The van der Waals surface area contributed by atoms with E-state index in [4.69, 9.17) is 14.0 Å². The van der Waals surface area contributed by atoms with Crippen LogP contribution in [-0.2, 0) is 31.0 Å². The Morgan fingerprint density at radius 1 is 1.17 bits per heavy atom. The number of unbranched alkanes of at least 4 members (excludes halogenated alkanes) is 2. The number of hydrogen-bond donors (Lipinski definition) is 1. The fourth-order valence-corrected chi connectivity index (χ4v) is 0.893. The van der Waals surface area contributed by atoms with Gasteiger partial charge in [0.1, 0.15) is 0 Å². The summed E-state index contributed by atoms with van der Waals surface area (Å²) in [4.78, 5) is 0. The molecule has 0 aliphatic heterocycles. The first-order valence-electron chi connectivity index (χ1n) is 4.76. The van der Waals surface area contributed by atoms with E-state index in [2.05, 4.69) is 33.8 Å². The van der Waals surface area contributed by atoms with Gasteiger partial charge in [-0.05, 0) is 39.5 Å². The molecule has 0 rings (SSSR count). The van der Waals surface area contributed by atoms with E-state index in [0.717, 1.165) is 19.3 Å². The van der Waals surface area contributed by atoms with E-state index in [1.165, 1.54) is 0 Å². The van der Waals surface area contributed by atoms with Crippen molar-refractivity contribution in [3.8, 4) is 0 Å². The average molecular weight is 294 g/mol. The van der Waals surface area contributed by atoms with Gasteiger partial charge in [0.15, 0.2) is 0 Å².